The number of methoxy groups -OCH3 is 1. The quantitative estimate of drug-likeness (QED) is 0.845. The van der Waals surface area contributed by atoms with Gasteiger partial charge < -0.3 is 15.0 Å². The number of thiazole rings is 1. The molecule has 0 aliphatic rings. The van der Waals surface area contributed by atoms with Crippen molar-refractivity contribution in [2.45, 2.75) is 20.4 Å². The topological polar surface area (TPSA) is 37.4 Å². The molecule has 0 atom stereocenters. The molecule has 0 unspecified atom stereocenters. The van der Waals surface area contributed by atoms with E-state index in [1.807, 2.05) is 30.5 Å². The highest BCUT2D eigenvalue weighted by atomic mass is 32.1. The summed E-state index contributed by atoms with van der Waals surface area (Å²) in [5.41, 5.74) is 1.06. The average molecular weight is 291 g/mol. The van der Waals surface area contributed by atoms with Gasteiger partial charge in [-0.25, -0.2) is 4.98 Å². The van der Waals surface area contributed by atoms with E-state index >= 15 is 0 Å². The number of hydrogen-bond acceptors (Lipinski definition) is 5. The molecule has 0 bridgehead atoms. The van der Waals surface area contributed by atoms with Crippen LogP contribution in [0.4, 0.5) is 10.8 Å². The van der Waals surface area contributed by atoms with Gasteiger partial charge in [0.1, 0.15) is 5.75 Å². The molecule has 0 radical (unpaired) electrons. The van der Waals surface area contributed by atoms with Crippen LogP contribution in [-0.2, 0) is 6.54 Å². The van der Waals surface area contributed by atoms with Crippen LogP contribution < -0.4 is 15.0 Å². The summed E-state index contributed by atoms with van der Waals surface area (Å²) in [4.78, 5) is 7.98. The predicted octanol–water partition coefficient (Wildman–Crippen LogP) is 3.61. The fraction of sp³-hybridized carbons (Fsp3) is 0.400. The molecule has 20 heavy (non-hydrogen) atoms. The Kier molecular flexibility index (Phi) is 5.24. The third-order valence-electron chi connectivity index (χ3n) is 3.11. The van der Waals surface area contributed by atoms with Gasteiger partial charge >= 0.3 is 0 Å². The highest BCUT2D eigenvalue weighted by Gasteiger charge is 2.07. The third-order valence-corrected chi connectivity index (χ3v) is 4.17. The number of aromatic nitrogens is 1. The Bertz CT molecular complexity index is 537. The summed E-state index contributed by atoms with van der Waals surface area (Å²) in [6, 6.07) is 7.95. The van der Waals surface area contributed by atoms with Crippen LogP contribution in [0.5, 0.6) is 5.75 Å². The zero-order valence-corrected chi connectivity index (χ0v) is 13.0. The lowest BCUT2D eigenvalue weighted by Crippen LogP contribution is -2.21. The van der Waals surface area contributed by atoms with Crippen LogP contribution in [0.15, 0.2) is 30.5 Å². The molecular weight excluding hydrogens is 270 g/mol. The number of nitrogens with one attached hydrogen (secondary N) is 1. The third kappa shape index (κ3) is 3.63. The normalized spacial score (nSPS) is 10.3. The minimum absolute atomic E-state index is 0.784. The van der Waals surface area contributed by atoms with E-state index in [4.69, 9.17) is 4.74 Å². The van der Waals surface area contributed by atoms with Gasteiger partial charge in [-0.15, -0.1) is 11.3 Å². The van der Waals surface area contributed by atoms with Gasteiger partial charge in [-0.2, -0.15) is 0 Å². The Hall–Kier alpha value is -1.75. The lowest BCUT2D eigenvalue weighted by molar-refractivity contribution is 0.415. The van der Waals surface area contributed by atoms with Gasteiger partial charge in [0.15, 0.2) is 5.13 Å². The standard InChI is InChI=1S/C15H21N3OS/c1-4-18(5-2)15-17-11-14(20-15)10-16-12-7-6-8-13(9-12)19-3/h6-9,11,16H,4-5,10H2,1-3H3. The minimum Gasteiger partial charge on any atom is -0.497 e. The van der Waals surface area contributed by atoms with E-state index in [0.29, 0.717) is 0 Å². The van der Waals surface area contributed by atoms with Crippen molar-refractivity contribution in [3.05, 3.63) is 35.3 Å². The van der Waals surface area contributed by atoms with Crippen molar-refractivity contribution in [3.8, 4) is 5.75 Å². The first-order valence-electron chi connectivity index (χ1n) is 6.84. The van der Waals surface area contributed by atoms with Gasteiger partial charge in [0.2, 0.25) is 0 Å². The van der Waals surface area contributed by atoms with Crippen molar-refractivity contribution in [2.24, 2.45) is 0 Å². The van der Waals surface area contributed by atoms with Crippen molar-refractivity contribution in [2.75, 3.05) is 30.4 Å². The summed E-state index contributed by atoms with van der Waals surface area (Å²) in [5.74, 6) is 0.864. The molecule has 108 valence electrons. The second-order valence-electron chi connectivity index (χ2n) is 4.37. The molecule has 2 rings (SSSR count). The Labute approximate surface area is 124 Å². The van der Waals surface area contributed by atoms with Crippen LogP contribution in [0.3, 0.4) is 0 Å². The number of nitrogens with zero attached hydrogens (tertiary/aromatic N) is 2. The van der Waals surface area contributed by atoms with Crippen LogP contribution in [0.2, 0.25) is 0 Å². The Morgan fingerprint density at radius 2 is 2.10 bits per heavy atom. The van der Waals surface area contributed by atoms with Crippen LogP contribution >= 0.6 is 11.3 Å². The SMILES string of the molecule is CCN(CC)c1ncc(CNc2cccc(OC)c2)s1. The highest BCUT2D eigenvalue weighted by molar-refractivity contribution is 7.15. The number of hydrogen-bond donors (Lipinski definition) is 1. The number of benzene rings is 1. The fourth-order valence-electron chi connectivity index (χ4n) is 1.94. The van der Waals surface area contributed by atoms with Crippen molar-refractivity contribution >= 4 is 22.2 Å². The van der Waals surface area contributed by atoms with E-state index in [-0.39, 0.29) is 0 Å². The molecule has 0 aliphatic heterocycles. The van der Waals surface area contributed by atoms with E-state index in [9.17, 15) is 0 Å². The van der Waals surface area contributed by atoms with Gasteiger partial charge in [-0.1, -0.05) is 6.07 Å². The summed E-state index contributed by atoms with van der Waals surface area (Å²) in [5, 5.41) is 4.49. The smallest absolute Gasteiger partial charge is 0.185 e. The molecule has 5 heteroatoms. The molecule has 2 aromatic rings. The molecule has 0 aliphatic carbocycles. The second kappa shape index (κ2) is 7.14. The zero-order valence-electron chi connectivity index (χ0n) is 12.2. The summed E-state index contributed by atoms with van der Waals surface area (Å²) < 4.78 is 5.22. The summed E-state index contributed by atoms with van der Waals surface area (Å²) in [7, 11) is 1.68. The first-order chi connectivity index (χ1) is 9.76. The molecule has 1 aromatic carbocycles. The molecule has 0 saturated carbocycles. The molecule has 0 fully saturated rings. The minimum atomic E-state index is 0.784. The largest absolute Gasteiger partial charge is 0.497 e. The summed E-state index contributed by atoms with van der Waals surface area (Å²) >= 11 is 1.74. The first-order valence-corrected chi connectivity index (χ1v) is 7.66. The molecule has 0 saturated heterocycles. The first kappa shape index (κ1) is 14.7. The van der Waals surface area contributed by atoms with Gasteiger partial charge in [0.25, 0.3) is 0 Å². The van der Waals surface area contributed by atoms with Crippen LogP contribution in [0, 0.1) is 0 Å². The number of anilines is 2. The average Bonchev–Trinajstić information content (AvgIpc) is 2.95. The number of rotatable bonds is 7. The Morgan fingerprint density at radius 1 is 1.30 bits per heavy atom. The molecular formula is C15H21N3OS. The van der Waals surface area contributed by atoms with Gasteiger partial charge in [-0.3, -0.25) is 0 Å². The molecule has 0 spiro atoms. The van der Waals surface area contributed by atoms with Gasteiger partial charge in [-0.05, 0) is 26.0 Å². The second-order valence-corrected chi connectivity index (χ2v) is 5.46. The van der Waals surface area contributed by atoms with E-state index in [0.717, 1.165) is 36.2 Å². The predicted molar refractivity (Wildman–Crippen MR) is 86.0 cm³/mol. The van der Waals surface area contributed by atoms with Crippen molar-refractivity contribution in [1.29, 1.82) is 0 Å². The maximum atomic E-state index is 5.22. The van der Waals surface area contributed by atoms with Crippen molar-refractivity contribution < 1.29 is 4.74 Å². The van der Waals surface area contributed by atoms with Crippen LogP contribution in [0.25, 0.3) is 0 Å². The van der Waals surface area contributed by atoms with E-state index in [1.54, 1.807) is 18.4 Å². The van der Waals surface area contributed by atoms with Gasteiger partial charge in [0.05, 0.1) is 13.7 Å². The lowest BCUT2D eigenvalue weighted by Gasteiger charge is -2.16. The van der Waals surface area contributed by atoms with Gasteiger partial charge in [0, 0.05) is 35.9 Å². The van der Waals surface area contributed by atoms with E-state index in [2.05, 4.69) is 29.0 Å². The zero-order chi connectivity index (χ0) is 14.4. The molecule has 4 nitrogen and oxygen atoms in total. The molecule has 1 N–H and O–H groups in total. The van der Waals surface area contributed by atoms with E-state index in [1.165, 1.54) is 4.88 Å². The molecule has 1 aromatic heterocycles. The van der Waals surface area contributed by atoms with Crippen LogP contribution in [0.1, 0.15) is 18.7 Å². The van der Waals surface area contributed by atoms with Crippen LogP contribution in [-0.4, -0.2) is 25.2 Å². The monoisotopic (exact) mass is 291 g/mol. The summed E-state index contributed by atoms with van der Waals surface area (Å²) in [6.45, 7) is 7.07. The lowest BCUT2D eigenvalue weighted by atomic mass is 10.3. The molecule has 1 heterocycles. The number of ether oxygens (including phenoxy) is 1. The van der Waals surface area contributed by atoms with Crippen molar-refractivity contribution in [1.82, 2.24) is 4.98 Å². The fourth-order valence-corrected chi connectivity index (χ4v) is 2.92. The maximum Gasteiger partial charge on any atom is 0.185 e. The van der Waals surface area contributed by atoms with E-state index < -0.39 is 0 Å². The Balaban J connectivity index is 1.97. The maximum absolute atomic E-state index is 5.22. The van der Waals surface area contributed by atoms with Crippen molar-refractivity contribution in [3.63, 3.8) is 0 Å². The summed E-state index contributed by atoms with van der Waals surface area (Å²) in [6.07, 6.45) is 1.95. The Morgan fingerprint density at radius 3 is 2.80 bits per heavy atom. The highest BCUT2D eigenvalue weighted by Crippen LogP contribution is 2.24. The molecule has 0 amide bonds.